The molecule has 0 saturated heterocycles. The molecule has 0 saturated carbocycles. The van der Waals surface area contributed by atoms with E-state index in [-0.39, 0.29) is 50.9 Å². The molecule has 1 atom stereocenters. The zero-order valence-corrected chi connectivity index (χ0v) is 25.8. The Morgan fingerprint density at radius 1 is 0.577 bits per heavy atom. The zero-order valence-electron chi connectivity index (χ0n) is 25.8. The van der Waals surface area contributed by atoms with Crippen molar-refractivity contribution in [2.45, 2.75) is 6.17 Å². The monoisotopic (exact) mass is 718 g/mol. The number of hydrogen-bond acceptors (Lipinski definition) is 2. The lowest BCUT2D eigenvalue weighted by Gasteiger charge is -2.29. The highest BCUT2D eigenvalue weighted by Crippen LogP contribution is 2.57. The maximum atomic E-state index is 15.9. The predicted octanol–water partition coefficient (Wildman–Crippen LogP) is 10.2. The number of hydrogen-bond donors (Lipinski definition) is 1. The van der Waals surface area contributed by atoms with Crippen molar-refractivity contribution in [1.82, 2.24) is 9.55 Å². The minimum Gasteiger partial charge on any atom is -0.361 e. The molecule has 14 heteroatoms. The van der Waals surface area contributed by atoms with Gasteiger partial charge in [-0.25, -0.2) is 48.9 Å². The summed E-state index contributed by atoms with van der Waals surface area (Å²) < 4.78 is 153. The van der Waals surface area contributed by atoms with Crippen LogP contribution in [0.25, 0.3) is 22.3 Å². The number of aromatic nitrogens is 2. The third-order valence-electron chi connectivity index (χ3n) is 9.41. The molecular formula is C38H16F10N4. The molecule has 0 spiro atoms. The van der Waals surface area contributed by atoms with Gasteiger partial charge in [0.2, 0.25) is 11.6 Å². The quantitative estimate of drug-likeness (QED) is 0.110. The Labute approximate surface area is 285 Å². The molecule has 52 heavy (non-hydrogen) atoms. The molecule has 0 bridgehead atoms. The molecule has 0 amide bonds. The smallest absolute Gasteiger partial charge is 0.200 e. The van der Waals surface area contributed by atoms with Gasteiger partial charge in [0.15, 0.2) is 46.5 Å². The van der Waals surface area contributed by atoms with Crippen LogP contribution in [0.2, 0.25) is 0 Å². The number of halogens is 10. The van der Waals surface area contributed by atoms with Gasteiger partial charge < -0.3 is 9.55 Å². The minimum absolute atomic E-state index is 0.0459. The Bertz CT molecular complexity index is 2590. The largest absolute Gasteiger partial charge is 0.361 e. The molecule has 0 fully saturated rings. The van der Waals surface area contributed by atoms with Gasteiger partial charge in [0.25, 0.3) is 0 Å². The van der Waals surface area contributed by atoms with E-state index in [4.69, 9.17) is 4.99 Å². The summed E-state index contributed by atoms with van der Waals surface area (Å²) in [6, 6.07) is 18.2. The number of aliphatic imine (C=N–C) groups is 1. The molecule has 3 aliphatic rings. The van der Waals surface area contributed by atoms with Crippen LogP contribution in [0.15, 0.2) is 90.2 Å². The molecule has 6 aromatic rings. The second-order valence-electron chi connectivity index (χ2n) is 12.0. The van der Waals surface area contributed by atoms with Crippen LogP contribution in [-0.2, 0) is 0 Å². The van der Waals surface area contributed by atoms with Crippen LogP contribution in [0.3, 0.4) is 0 Å². The van der Waals surface area contributed by atoms with Gasteiger partial charge >= 0.3 is 0 Å². The van der Waals surface area contributed by atoms with E-state index in [1.165, 1.54) is 46.1 Å². The van der Waals surface area contributed by atoms with Gasteiger partial charge in [-0.1, -0.05) is 36.4 Å². The first-order chi connectivity index (χ1) is 25.0. The number of benzene rings is 4. The number of H-pyrrole nitrogens is 1. The fourth-order valence-electron chi connectivity index (χ4n) is 7.31. The first-order valence-corrected chi connectivity index (χ1v) is 15.4. The van der Waals surface area contributed by atoms with Crippen LogP contribution in [0, 0.1) is 58.2 Å². The standard InChI is InChI=1S/C38H16F10N4/c39-27-25(28(40)32(44)35(47)31(27)43)23(18-10-5-13-49-18)22-16-8-2-4-11-19(16)52-37-21(15-7-1-3-9-17(15)50-37)24(20-12-6-14-51(20)38(22)52)26-29(41)33(45)36(48)34(46)30(26)42/h1-14,38,49H/b23-22-. The minimum atomic E-state index is -2.37. The van der Waals surface area contributed by atoms with Crippen molar-refractivity contribution in [1.29, 1.82) is 0 Å². The lowest BCUT2D eigenvalue weighted by molar-refractivity contribution is 0.376. The number of fused-ring (bicyclic) bond motifs is 9. The Morgan fingerprint density at radius 3 is 1.83 bits per heavy atom. The van der Waals surface area contributed by atoms with Crippen molar-refractivity contribution >= 4 is 39.5 Å². The fraction of sp³-hybridized carbons (Fsp3) is 0.0263. The van der Waals surface area contributed by atoms with E-state index < -0.39 is 86.6 Å². The van der Waals surface area contributed by atoms with Crippen molar-refractivity contribution in [2.24, 2.45) is 4.99 Å². The first-order valence-electron chi connectivity index (χ1n) is 15.4. The van der Waals surface area contributed by atoms with Crippen LogP contribution >= 0.6 is 0 Å². The normalized spacial score (nSPS) is 16.7. The molecule has 4 aromatic carbocycles. The van der Waals surface area contributed by atoms with Crippen LogP contribution in [0.1, 0.15) is 39.8 Å². The van der Waals surface area contributed by atoms with Crippen molar-refractivity contribution in [3.8, 4) is 0 Å². The maximum absolute atomic E-state index is 15.9. The second kappa shape index (κ2) is 11.1. The summed E-state index contributed by atoms with van der Waals surface area (Å²) in [5.41, 5.74) is -2.70. The van der Waals surface area contributed by atoms with E-state index >= 15 is 17.6 Å². The fourth-order valence-corrected chi connectivity index (χ4v) is 7.31. The van der Waals surface area contributed by atoms with Crippen molar-refractivity contribution in [3.63, 3.8) is 0 Å². The number of nitrogens with zero attached hydrogens (tertiary/aromatic N) is 3. The van der Waals surface area contributed by atoms with Crippen LogP contribution in [0.4, 0.5) is 55.3 Å². The van der Waals surface area contributed by atoms with Crippen molar-refractivity contribution in [3.05, 3.63) is 177 Å². The van der Waals surface area contributed by atoms with Crippen LogP contribution < -0.4 is 4.90 Å². The maximum Gasteiger partial charge on any atom is 0.200 e. The lowest BCUT2D eigenvalue weighted by atomic mass is 9.90. The number of rotatable bonds is 3. The topological polar surface area (TPSA) is 36.3 Å². The second-order valence-corrected chi connectivity index (χ2v) is 12.0. The first kappa shape index (κ1) is 31.7. The summed E-state index contributed by atoms with van der Waals surface area (Å²) in [5, 5.41) is 0. The van der Waals surface area contributed by atoms with Gasteiger partial charge in [-0.2, -0.15) is 0 Å². The molecule has 1 N–H and O–H groups in total. The van der Waals surface area contributed by atoms with E-state index in [0.717, 1.165) is 0 Å². The van der Waals surface area contributed by atoms with E-state index in [1.807, 2.05) is 0 Å². The summed E-state index contributed by atoms with van der Waals surface area (Å²) in [4.78, 5) is 9.07. The average Bonchev–Trinajstić information content (AvgIpc) is 3.96. The van der Waals surface area contributed by atoms with Crippen molar-refractivity contribution < 1.29 is 43.9 Å². The molecule has 0 aliphatic carbocycles. The highest BCUT2D eigenvalue weighted by atomic mass is 19.2. The van der Waals surface area contributed by atoms with E-state index in [1.54, 1.807) is 48.5 Å². The van der Waals surface area contributed by atoms with Crippen LogP contribution in [0.5, 0.6) is 0 Å². The molecule has 3 aliphatic heterocycles. The number of para-hydroxylation sites is 2. The number of amidine groups is 1. The van der Waals surface area contributed by atoms with E-state index in [0.29, 0.717) is 0 Å². The lowest BCUT2D eigenvalue weighted by Crippen LogP contribution is -2.33. The summed E-state index contributed by atoms with van der Waals surface area (Å²) in [6.45, 7) is 0. The van der Waals surface area contributed by atoms with Gasteiger partial charge in [-0.3, -0.25) is 4.90 Å². The highest BCUT2D eigenvalue weighted by molar-refractivity contribution is 6.41. The molecule has 4 nitrogen and oxygen atoms in total. The van der Waals surface area contributed by atoms with Gasteiger partial charge in [-0.05, 0) is 36.4 Å². The highest BCUT2D eigenvalue weighted by Gasteiger charge is 2.48. The van der Waals surface area contributed by atoms with Gasteiger partial charge in [0.1, 0.15) is 12.0 Å². The molecule has 2 aromatic heterocycles. The summed E-state index contributed by atoms with van der Waals surface area (Å²) >= 11 is 0. The SMILES string of the molecule is Fc1c(F)c(F)c(C2=C3C(=Nc4ccccc43)N3c4ccccc4/C(=C(\c4ccc[nH]4)c4c(F)c(F)c(F)c(F)c4F)C3n3cccc32)c(F)c1F. The molecule has 258 valence electrons. The zero-order chi connectivity index (χ0) is 36.3. The molecule has 5 heterocycles. The summed E-state index contributed by atoms with van der Waals surface area (Å²) in [5.74, 6) is -22.1. The third kappa shape index (κ3) is 4.02. The van der Waals surface area contributed by atoms with E-state index in [9.17, 15) is 26.3 Å². The number of anilines is 1. The van der Waals surface area contributed by atoms with Crippen LogP contribution in [-0.4, -0.2) is 15.4 Å². The average molecular weight is 719 g/mol. The number of nitrogens with one attached hydrogen (secondary N) is 1. The molecule has 0 radical (unpaired) electrons. The van der Waals surface area contributed by atoms with Gasteiger partial charge in [-0.15, -0.1) is 0 Å². The Morgan fingerprint density at radius 2 is 1.17 bits per heavy atom. The molecule has 9 rings (SSSR count). The predicted molar refractivity (Wildman–Crippen MR) is 171 cm³/mol. The van der Waals surface area contributed by atoms with Gasteiger partial charge in [0.05, 0.1) is 28.2 Å². The molecule has 1 unspecified atom stereocenters. The Balaban J connectivity index is 1.47. The van der Waals surface area contributed by atoms with Crippen molar-refractivity contribution in [2.75, 3.05) is 4.90 Å². The van der Waals surface area contributed by atoms with Gasteiger partial charge in [0, 0.05) is 51.5 Å². The Kier molecular flexibility index (Phi) is 6.75. The molecular weight excluding hydrogens is 702 g/mol. The third-order valence-corrected chi connectivity index (χ3v) is 9.41. The van der Waals surface area contributed by atoms with E-state index in [2.05, 4.69) is 4.98 Å². The summed E-state index contributed by atoms with van der Waals surface area (Å²) in [7, 11) is 0. The number of aromatic amines is 1. The Hall–Kier alpha value is -6.31. The summed E-state index contributed by atoms with van der Waals surface area (Å²) in [6.07, 6.45) is 1.40.